The van der Waals surface area contributed by atoms with Gasteiger partial charge in [-0.1, -0.05) is 19.9 Å². The molecule has 118 valence electrons. The standard InChI is InChI=1S/C16H23F3N2/c1-4-20-15-7-8-21(10-12(15)3)13-6-5-11(2)14(9-13)16(17,18)19/h5-6,9,12,15,20H,4,7-8,10H2,1-3H3. The van der Waals surface area contributed by atoms with E-state index in [1.807, 2.05) is 0 Å². The van der Waals surface area contributed by atoms with E-state index in [2.05, 4.69) is 24.1 Å². The number of alkyl halides is 3. The maximum Gasteiger partial charge on any atom is 0.416 e. The van der Waals surface area contributed by atoms with Gasteiger partial charge in [0.1, 0.15) is 0 Å². The lowest BCUT2D eigenvalue weighted by Crippen LogP contribution is -2.48. The van der Waals surface area contributed by atoms with Gasteiger partial charge in [0.25, 0.3) is 0 Å². The molecule has 21 heavy (non-hydrogen) atoms. The highest BCUT2D eigenvalue weighted by molar-refractivity contribution is 5.52. The number of benzene rings is 1. The molecule has 0 saturated carbocycles. The fraction of sp³-hybridized carbons (Fsp3) is 0.625. The Kier molecular flexibility index (Phi) is 4.81. The summed E-state index contributed by atoms with van der Waals surface area (Å²) in [6.07, 6.45) is -3.32. The zero-order valence-electron chi connectivity index (χ0n) is 12.8. The molecule has 2 nitrogen and oxygen atoms in total. The quantitative estimate of drug-likeness (QED) is 0.912. The van der Waals surface area contributed by atoms with Crippen LogP contribution < -0.4 is 10.2 Å². The van der Waals surface area contributed by atoms with E-state index in [9.17, 15) is 13.2 Å². The second-order valence-corrected chi connectivity index (χ2v) is 5.87. The van der Waals surface area contributed by atoms with Crippen LogP contribution in [-0.4, -0.2) is 25.7 Å². The molecule has 1 heterocycles. The lowest BCUT2D eigenvalue weighted by atomic mass is 9.93. The summed E-state index contributed by atoms with van der Waals surface area (Å²) in [5.41, 5.74) is 0.429. The highest BCUT2D eigenvalue weighted by atomic mass is 19.4. The van der Waals surface area contributed by atoms with Crippen LogP contribution >= 0.6 is 0 Å². The molecule has 1 N–H and O–H groups in total. The van der Waals surface area contributed by atoms with Crippen LogP contribution in [0, 0.1) is 12.8 Å². The van der Waals surface area contributed by atoms with Crippen LogP contribution in [-0.2, 0) is 6.18 Å². The molecule has 0 spiro atoms. The number of hydrogen-bond acceptors (Lipinski definition) is 2. The number of nitrogens with zero attached hydrogens (tertiary/aromatic N) is 1. The number of rotatable bonds is 3. The van der Waals surface area contributed by atoms with Crippen LogP contribution in [0.1, 0.15) is 31.4 Å². The van der Waals surface area contributed by atoms with E-state index in [1.165, 1.54) is 13.0 Å². The van der Waals surface area contributed by atoms with Gasteiger partial charge in [0.05, 0.1) is 5.56 Å². The average molecular weight is 300 g/mol. The second kappa shape index (κ2) is 6.26. The smallest absolute Gasteiger partial charge is 0.371 e. The molecule has 2 atom stereocenters. The molecule has 0 radical (unpaired) electrons. The van der Waals surface area contributed by atoms with Gasteiger partial charge in [-0.05, 0) is 43.5 Å². The van der Waals surface area contributed by atoms with Crippen LogP contribution in [0.15, 0.2) is 18.2 Å². The number of halogens is 3. The molecule has 0 bridgehead atoms. The molecule has 0 aliphatic carbocycles. The topological polar surface area (TPSA) is 15.3 Å². The van der Waals surface area contributed by atoms with Crippen molar-refractivity contribution in [1.29, 1.82) is 0 Å². The molecular weight excluding hydrogens is 277 g/mol. The van der Waals surface area contributed by atoms with Crippen molar-refractivity contribution in [2.75, 3.05) is 24.5 Å². The molecule has 1 fully saturated rings. The first kappa shape index (κ1) is 16.1. The highest BCUT2D eigenvalue weighted by Gasteiger charge is 2.33. The Morgan fingerprint density at radius 1 is 1.33 bits per heavy atom. The Hall–Kier alpha value is -1.23. The number of anilines is 1. The predicted octanol–water partition coefficient (Wildman–Crippen LogP) is 3.84. The number of hydrogen-bond donors (Lipinski definition) is 1. The van der Waals surface area contributed by atoms with Crippen molar-refractivity contribution in [3.8, 4) is 0 Å². The summed E-state index contributed by atoms with van der Waals surface area (Å²) in [5.74, 6) is 0.425. The highest BCUT2D eigenvalue weighted by Crippen LogP contribution is 2.35. The van der Waals surface area contributed by atoms with E-state index in [-0.39, 0.29) is 5.56 Å². The van der Waals surface area contributed by atoms with Crippen molar-refractivity contribution in [2.24, 2.45) is 5.92 Å². The Bertz CT molecular complexity index is 485. The van der Waals surface area contributed by atoms with E-state index in [1.54, 1.807) is 12.1 Å². The summed E-state index contributed by atoms with van der Waals surface area (Å²) in [6, 6.07) is 5.11. The first-order valence-corrected chi connectivity index (χ1v) is 7.49. The summed E-state index contributed by atoms with van der Waals surface area (Å²) in [4.78, 5) is 2.06. The van der Waals surface area contributed by atoms with E-state index >= 15 is 0 Å². The molecule has 2 unspecified atom stereocenters. The number of piperidine rings is 1. The summed E-state index contributed by atoms with van der Waals surface area (Å²) in [6.45, 7) is 8.25. The minimum Gasteiger partial charge on any atom is -0.371 e. The molecule has 0 amide bonds. The molecule has 1 saturated heterocycles. The molecule has 1 aliphatic heterocycles. The molecule has 2 rings (SSSR count). The SMILES string of the molecule is CCNC1CCN(c2ccc(C)c(C(F)(F)F)c2)CC1C. The van der Waals surface area contributed by atoms with Gasteiger partial charge < -0.3 is 10.2 Å². The fourth-order valence-electron chi connectivity index (χ4n) is 3.06. The first-order valence-electron chi connectivity index (χ1n) is 7.49. The summed E-state index contributed by atoms with van der Waals surface area (Å²) < 4.78 is 39.0. The normalized spacial score (nSPS) is 23.4. The van der Waals surface area contributed by atoms with E-state index in [0.29, 0.717) is 17.6 Å². The lowest BCUT2D eigenvalue weighted by Gasteiger charge is -2.39. The van der Waals surface area contributed by atoms with E-state index in [4.69, 9.17) is 0 Å². The maximum absolute atomic E-state index is 13.0. The molecular formula is C16H23F3N2. The summed E-state index contributed by atoms with van der Waals surface area (Å²) in [7, 11) is 0. The van der Waals surface area contributed by atoms with Crippen LogP contribution in [0.25, 0.3) is 0 Å². The minimum absolute atomic E-state index is 0.279. The second-order valence-electron chi connectivity index (χ2n) is 5.87. The molecule has 1 aromatic carbocycles. The van der Waals surface area contributed by atoms with E-state index in [0.717, 1.165) is 26.1 Å². The lowest BCUT2D eigenvalue weighted by molar-refractivity contribution is -0.138. The Balaban J connectivity index is 2.17. The zero-order valence-corrected chi connectivity index (χ0v) is 12.8. The summed E-state index contributed by atoms with van der Waals surface area (Å²) >= 11 is 0. The van der Waals surface area contributed by atoms with Crippen molar-refractivity contribution in [3.05, 3.63) is 29.3 Å². The third-order valence-corrected chi connectivity index (χ3v) is 4.26. The Labute approximate surface area is 124 Å². The first-order chi connectivity index (χ1) is 9.82. The van der Waals surface area contributed by atoms with Crippen LogP contribution in [0.2, 0.25) is 0 Å². The zero-order chi connectivity index (χ0) is 15.6. The predicted molar refractivity (Wildman–Crippen MR) is 79.6 cm³/mol. The largest absolute Gasteiger partial charge is 0.416 e. The maximum atomic E-state index is 13.0. The van der Waals surface area contributed by atoms with Gasteiger partial charge in [0.2, 0.25) is 0 Å². The van der Waals surface area contributed by atoms with Gasteiger partial charge in [-0.15, -0.1) is 0 Å². The summed E-state index contributed by atoms with van der Waals surface area (Å²) in [5, 5.41) is 3.44. The van der Waals surface area contributed by atoms with E-state index < -0.39 is 11.7 Å². The average Bonchev–Trinajstić information content (AvgIpc) is 2.40. The van der Waals surface area contributed by atoms with Gasteiger partial charge in [-0.2, -0.15) is 13.2 Å². The Morgan fingerprint density at radius 3 is 2.62 bits per heavy atom. The number of aryl methyl sites for hydroxylation is 1. The van der Waals surface area contributed by atoms with Gasteiger partial charge in [0.15, 0.2) is 0 Å². The van der Waals surface area contributed by atoms with Gasteiger partial charge in [0, 0.05) is 24.8 Å². The minimum atomic E-state index is -4.28. The monoisotopic (exact) mass is 300 g/mol. The van der Waals surface area contributed by atoms with Crippen molar-refractivity contribution in [1.82, 2.24) is 5.32 Å². The van der Waals surface area contributed by atoms with Crippen LogP contribution in [0.5, 0.6) is 0 Å². The van der Waals surface area contributed by atoms with Crippen LogP contribution in [0.4, 0.5) is 18.9 Å². The van der Waals surface area contributed by atoms with Crippen molar-refractivity contribution in [2.45, 2.75) is 39.4 Å². The van der Waals surface area contributed by atoms with Crippen molar-refractivity contribution >= 4 is 5.69 Å². The van der Waals surface area contributed by atoms with Gasteiger partial charge >= 0.3 is 6.18 Å². The van der Waals surface area contributed by atoms with Crippen LogP contribution in [0.3, 0.4) is 0 Å². The van der Waals surface area contributed by atoms with Crippen molar-refractivity contribution < 1.29 is 13.2 Å². The molecule has 1 aromatic rings. The van der Waals surface area contributed by atoms with Crippen molar-refractivity contribution in [3.63, 3.8) is 0 Å². The Morgan fingerprint density at radius 2 is 2.05 bits per heavy atom. The number of nitrogens with one attached hydrogen (secondary N) is 1. The fourth-order valence-corrected chi connectivity index (χ4v) is 3.06. The molecule has 5 heteroatoms. The third kappa shape index (κ3) is 3.70. The van der Waals surface area contributed by atoms with Gasteiger partial charge in [-0.3, -0.25) is 0 Å². The van der Waals surface area contributed by atoms with Gasteiger partial charge in [-0.25, -0.2) is 0 Å². The molecule has 0 aromatic heterocycles. The molecule has 1 aliphatic rings. The third-order valence-electron chi connectivity index (χ3n) is 4.26.